The summed E-state index contributed by atoms with van der Waals surface area (Å²) < 4.78 is 37.8. The number of hydrogen-bond donors (Lipinski definition) is 1. The Morgan fingerprint density at radius 1 is 1.47 bits per heavy atom. The Morgan fingerprint density at radius 2 is 2.07 bits per heavy atom. The maximum atomic E-state index is 12.9. The molecular formula is C6H5FN2O5S. The summed E-state index contributed by atoms with van der Waals surface area (Å²) in [4.78, 5) is 9.45. The van der Waals surface area contributed by atoms with Crippen LogP contribution >= 0.6 is 0 Å². The Balaban J connectivity index is 3.17. The molecule has 1 aromatic carbocycles. The molecule has 0 spiro atoms. The van der Waals surface area contributed by atoms with E-state index in [1.54, 1.807) is 0 Å². The topological polar surface area (TPSA) is 113 Å². The molecule has 0 amide bonds. The lowest BCUT2D eigenvalue weighted by molar-refractivity contribution is -0.385. The highest BCUT2D eigenvalue weighted by Crippen LogP contribution is 2.23. The van der Waals surface area contributed by atoms with Crippen LogP contribution in [-0.2, 0) is 10.3 Å². The summed E-state index contributed by atoms with van der Waals surface area (Å²) in [7, 11) is -4.40. The van der Waals surface area contributed by atoms with E-state index in [-0.39, 0.29) is 0 Å². The van der Waals surface area contributed by atoms with Gasteiger partial charge >= 0.3 is 10.3 Å². The summed E-state index contributed by atoms with van der Waals surface area (Å²) in [5.41, 5.74) is -0.505. The maximum Gasteiger partial charge on any atom is 0.380 e. The molecule has 0 heterocycles. The Bertz CT molecular complexity index is 500. The van der Waals surface area contributed by atoms with E-state index in [1.165, 1.54) is 0 Å². The number of nitro benzene ring substituents is 1. The largest absolute Gasteiger partial charge is 0.380 e. The van der Waals surface area contributed by atoms with Crippen LogP contribution in [0, 0.1) is 15.9 Å². The van der Waals surface area contributed by atoms with E-state index in [2.05, 4.69) is 9.32 Å². The van der Waals surface area contributed by atoms with Gasteiger partial charge in [-0.2, -0.15) is 13.6 Å². The SMILES string of the molecule is NS(=O)(=O)Oc1cc([N+](=O)[O-])ccc1F. The second-order valence-electron chi connectivity index (χ2n) is 2.45. The lowest BCUT2D eigenvalue weighted by atomic mass is 10.3. The lowest BCUT2D eigenvalue weighted by Gasteiger charge is -2.02. The first-order chi connectivity index (χ1) is 6.79. The number of nitrogens with two attached hydrogens (primary N) is 1. The zero-order valence-electron chi connectivity index (χ0n) is 7.08. The first-order valence-electron chi connectivity index (χ1n) is 3.46. The van der Waals surface area contributed by atoms with Gasteiger partial charge in [0.25, 0.3) is 5.69 Å². The summed E-state index contributed by atoms with van der Waals surface area (Å²) >= 11 is 0. The van der Waals surface area contributed by atoms with E-state index in [0.717, 1.165) is 6.07 Å². The molecule has 0 atom stereocenters. The first kappa shape index (κ1) is 11.3. The van der Waals surface area contributed by atoms with Gasteiger partial charge in [-0.3, -0.25) is 10.1 Å². The fourth-order valence-corrected chi connectivity index (χ4v) is 1.17. The van der Waals surface area contributed by atoms with Gasteiger partial charge in [0.1, 0.15) is 0 Å². The van der Waals surface area contributed by atoms with Crippen molar-refractivity contribution < 1.29 is 21.9 Å². The predicted molar refractivity (Wildman–Crippen MR) is 46.8 cm³/mol. The van der Waals surface area contributed by atoms with Crippen LogP contribution in [0.4, 0.5) is 10.1 Å². The molecule has 0 aliphatic rings. The van der Waals surface area contributed by atoms with Gasteiger partial charge in [-0.1, -0.05) is 0 Å². The Labute approximate surface area is 83.7 Å². The second-order valence-corrected chi connectivity index (χ2v) is 3.60. The number of rotatable bonds is 3. The molecule has 0 fully saturated rings. The lowest BCUT2D eigenvalue weighted by Crippen LogP contribution is -2.19. The number of nitrogens with zero attached hydrogens (tertiary/aromatic N) is 1. The molecule has 82 valence electrons. The molecule has 7 nitrogen and oxygen atoms in total. The molecule has 0 aromatic heterocycles. The Hall–Kier alpha value is -1.74. The number of hydrogen-bond acceptors (Lipinski definition) is 5. The van der Waals surface area contributed by atoms with Gasteiger partial charge in [0.15, 0.2) is 11.6 Å². The van der Waals surface area contributed by atoms with Gasteiger partial charge in [0, 0.05) is 6.07 Å². The van der Waals surface area contributed by atoms with E-state index < -0.39 is 32.5 Å². The zero-order chi connectivity index (χ0) is 11.6. The van der Waals surface area contributed by atoms with E-state index in [0.29, 0.717) is 12.1 Å². The number of nitro groups is 1. The highest BCUT2D eigenvalue weighted by Gasteiger charge is 2.15. The van der Waals surface area contributed by atoms with Gasteiger partial charge in [0.2, 0.25) is 0 Å². The van der Waals surface area contributed by atoms with Crippen molar-refractivity contribution in [2.45, 2.75) is 0 Å². The minimum atomic E-state index is -4.40. The highest BCUT2D eigenvalue weighted by molar-refractivity contribution is 7.84. The van der Waals surface area contributed by atoms with Gasteiger partial charge in [-0.25, -0.2) is 4.39 Å². The van der Waals surface area contributed by atoms with Crippen LogP contribution in [-0.4, -0.2) is 13.3 Å². The Morgan fingerprint density at radius 3 is 2.53 bits per heavy atom. The monoisotopic (exact) mass is 236 g/mol. The number of non-ortho nitro benzene ring substituents is 1. The van der Waals surface area contributed by atoms with E-state index in [9.17, 15) is 22.9 Å². The van der Waals surface area contributed by atoms with Crippen molar-refractivity contribution in [2.75, 3.05) is 0 Å². The molecule has 0 radical (unpaired) electrons. The molecule has 0 saturated carbocycles. The molecule has 0 aliphatic carbocycles. The maximum absolute atomic E-state index is 12.9. The summed E-state index contributed by atoms with van der Waals surface area (Å²) in [5, 5.41) is 14.8. The molecular weight excluding hydrogens is 231 g/mol. The Kier molecular flexibility index (Phi) is 2.86. The quantitative estimate of drug-likeness (QED) is 0.599. The highest BCUT2D eigenvalue weighted by atomic mass is 32.2. The molecule has 15 heavy (non-hydrogen) atoms. The van der Waals surface area contributed by atoms with Gasteiger partial charge < -0.3 is 4.18 Å². The van der Waals surface area contributed by atoms with Crippen molar-refractivity contribution in [3.8, 4) is 5.75 Å². The summed E-state index contributed by atoms with van der Waals surface area (Å²) in [6, 6.07) is 2.20. The van der Waals surface area contributed by atoms with Crippen LogP contribution in [0.5, 0.6) is 5.75 Å². The molecule has 0 bridgehead atoms. The normalized spacial score (nSPS) is 11.1. The molecule has 1 aromatic rings. The molecule has 0 saturated heterocycles. The standard InChI is InChI=1S/C6H5FN2O5S/c7-5-2-1-4(9(10)11)3-6(5)14-15(8,12)13/h1-3H,(H2,8,12,13). The number of halogens is 1. The third-order valence-electron chi connectivity index (χ3n) is 1.33. The van der Waals surface area contributed by atoms with Crippen molar-refractivity contribution >= 4 is 16.0 Å². The summed E-state index contributed by atoms with van der Waals surface area (Å²) in [6.07, 6.45) is 0. The van der Waals surface area contributed by atoms with Crippen molar-refractivity contribution in [1.82, 2.24) is 0 Å². The van der Waals surface area contributed by atoms with Crippen molar-refractivity contribution in [3.63, 3.8) is 0 Å². The van der Waals surface area contributed by atoms with Crippen LogP contribution < -0.4 is 9.32 Å². The zero-order valence-corrected chi connectivity index (χ0v) is 7.90. The molecule has 0 unspecified atom stereocenters. The van der Waals surface area contributed by atoms with Gasteiger partial charge in [-0.05, 0) is 6.07 Å². The van der Waals surface area contributed by atoms with E-state index >= 15 is 0 Å². The second kappa shape index (κ2) is 3.79. The third kappa shape index (κ3) is 3.14. The van der Waals surface area contributed by atoms with E-state index in [1.807, 2.05) is 0 Å². The smallest absolute Gasteiger partial charge is 0.368 e. The average molecular weight is 236 g/mol. The minimum Gasteiger partial charge on any atom is -0.368 e. The van der Waals surface area contributed by atoms with Crippen LogP contribution in [0.25, 0.3) is 0 Å². The van der Waals surface area contributed by atoms with Crippen molar-refractivity contribution in [1.29, 1.82) is 0 Å². The minimum absolute atomic E-state index is 0.505. The third-order valence-corrected chi connectivity index (χ3v) is 1.74. The van der Waals surface area contributed by atoms with E-state index in [4.69, 9.17) is 0 Å². The van der Waals surface area contributed by atoms with Crippen LogP contribution in [0.2, 0.25) is 0 Å². The van der Waals surface area contributed by atoms with Crippen molar-refractivity contribution in [3.05, 3.63) is 34.1 Å². The van der Waals surface area contributed by atoms with Crippen LogP contribution in [0.3, 0.4) is 0 Å². The average Bonchev–Trinajstić information content (AvgIpc) is 2.06. The van der Waals surface area contributed by atoms with Gasteiger partial charge in [0.05, 0.1) is 11.0 Å². The molecule has 2 N–H and O–H groups in total. The van der Waals surface area contributed by atoms with Gasteiger partial charge in [-0.15, -0.1) is 0 Å². The predicted octanol–water partition coefficient (Wildman–Crippen LogP) is 0.316. The fraction of sp³-hybridized carbons (Fsp3) is 0. The molecule has 1 rings (SSSR count). The number of benzene rings is 1. The summed E-state index contributed by atoms with van der Waals surface area (Å²) in [6.45, 7) is 0. The first-order valence-corrected chi connectivity index (χ1v) is 4.93. The van der Waals surface area contributed by atoms with Crippen molar-refractivity contribution in [2.24, 2.45) is 5.14 Å². The summed E-state index contributed by atoms with van der Waals surface area (Å²) in [5.74, 6) is -1.87. The molecule has 9 heteroatoms. The van der Waals surface area contributed by atoms with Crippen LogP contribution in [0.15, 0.2) is 18.2 Å². The van der Waals surface area contributed by atoms with Crippen LogP contribution in [0.1, 0.15) is 0 Å². The molecule has 0 aliphatic heterocycles. The fourth-order valence-electron chi connectivity index (χ4n) is 0.795.